The zero-order chi connectivity index (χ0) is 20.2. The molecule has 1 aromatic carbocycles. The second-order valence-corrected chi connectivity index (χ2v) is 7.84. The lowest BCUT2D eigenvalue weighted by molar-refractivity contribution is -0.117. The molecular formula is C21H28N6O2. The Bertz CT molecular complexity index is 880. The van der Waals surface area contributed by atoms with Crippen LogP contribution in [0.5, 0.6) is 0 Å². The van der Waals surface area contributed by atoms with Crippen molar-refractivity contribution in [1.82, 2.24) is 25.5 Å². The Balaban J connectivity index is 1.27. The van der Waals surface area contributed by atoms with Gasteiger partial charge in [0, 0.05) is 69.7 Å². The van der Waals surface area contributed by atoms with E-state index >= 15 is 0 Å². The number of amides is 3. The van der Waals surface area contributed by atoms with Gasteiger partial charge in [-0.2, -0.15) is 0 Å². The van der Waals surface area contributed by atoms with Crippen LogP contribution in [0.4, 0.5) is 10.5 Å². The second kappa shape index (κ2) is 8.65. The standard InChI is InChI=1S/C21H28N6O2/c1-26-14-23-13-19(26)18-12-22-10-16(18)11-25-21(29)24-9-15-4-2-5-17(8-15)27-7-3-6-20(27)28/h2,4-5,8,13-14,16,18,22H,3,6-7,9-12H2,1H3,(H2,24,25,29)/t16-,18+/m0/s1. The van der Waals surface area contributed by atoms with E-state index in [1.807, 2.05) is 53.3 Å². The molecule has 2 atom stereocenters. The smallest absolute Gasteiger partial charge is 0.315 e. The highest BCUT2D eigenvalue weighted by Crippen LogP contribution is 2.27. The minimum atomic E-state index is -0.177. The maximum Gasteiger partial charge on any atom is 0.315 e. The Hall–Kier alpha value is -2.87. The quantitative estimate of drug-likeness (QED) is 0.687. The molecule has 3 heterocycles. The molecular weight excluding hydrogens is 368 g/mol. The zero-order valence-corrected chi connectivity index (χ0v) is 16.7. The van der Waals surface area contributed by atoms with Crippen molar-refractivity contribution in [3.05, 3.63) is 48.0 Å². The number of hydrogen-bond acceptors (Lipinski definition) is 4. The summed E-state index contributed by atoms with van der Waals surface area (Å²) in [5, 5.41) is 9.33. The first-order valence-electron chi connectivity index (χ1n) is 10.2. The van der Waals surface area contributed by atoms with Gasteiger partial charge in [0.05, 0.1) is 6.33 Å². The topological polar surface area (TPSA) is 91.3 Å². The highest BCUT2D eigenvalue weighted by molar-refractivity contribution is 5.95. The molecule has 3 N–H and O–H groups in total. The summed E-state index contributed by atoms with van der Waals surface area (Å²) in [6, 6.07) is 7.63. The number of nitrogens with one attached hydrogen (secondary N) is 3. The average Bonchev–Trinajstić information content (AvgIpc) is 3.45. The van der Waals surface area contributed by atoms with Gasteiger partial charge in [0.2, 0.25) is 5.91 Å². The van der Waals surface area contributed by atoms with E-state index in [1.165, 1.54) is 5.69 Å². The molecule has 2 aliphatic heterocycles. The Labute approximate surface area is 170 Å². The van der Waals surface area contributed by atoms with Crippen LogP contribution >= 0.6 is 0 Å². The van der Waals surface area contributed by atoms with Gasteiger partial charge in [-0.3, -0.25) is 4.79 Å². The van der Waals surface area contributed by atoms with Crippen LogP contribution in [0.3, 0.4) is 0 Å². The van der Waals surface area contributed by atoms with E-state index in [9.17, 15) is 9.59 Å². The summed E-state index contributed by atoms with van der Waals surface area (Å²) in [4.78, 5) is 30.3. The predicted molar refractivity (Wildman–Crippen MR) is 111 cm³/mol. The van der Waals surface area contributed by atoms with Crippen LogP contribution in [0.25, 0.3) is 0 Å². The number of nitrogens with zero attached hydrogens (tertiary/aromatic N) is 3. The molecule has 154 valence electrons. The summed E-state index contributed by atoms with van der Waals surface area (Å²) < 4.78 is 2.04. The van der Waals surface area contributed by atoms with E-state index in [1.54, 1.807) is 0 Å². The first kappa shape index (κ1) is 19.4. The van der Waals surface area contributed by atoms with E-state index < -0.39 is 0 Å². The highest BCUT2D eigenvalue weighted by atomic mass is 16.2. The third kappa shape index (κ3) is 4.42. The molecule has 2 saturated heterocycles. The summed E-state index contributed by atoms with van der Waals surface area (Å²) in [5.74, 6) is 0.846. The molecule has 0 saturated carbocycles. The van der Waals surface area contributed by atoms with Crippen molar-refractivity contribution >= 4 is 17.6 Å². The number of rotatable bonds is 6. The lowest BCUT2D eigenvalue weighted by Crippen LogP contribution is -2.39. The molecule has 0 unspecified atom stereocenters. The summed E-state index contributed by atoms with van der Waals surface area (Å²) in [5.41, 5.74) is 3.08. The maximum atomic E-state index is 12.3. The van der Waals surface area contributed by atoms with Crippen LogP contribution in [0.1, 0.15) is 30.0 Å². The molecule has 0 bridgehead atoms. The van der Waals surface area contributed by atoms with Gasteiger partial charge >= 0.3 is 6.03 Å². The largest absolute Gasteiger partial charge is 0.338 e. The fourth-order valence-corrected chi connectivity index (χ4v) is 4.24. The van der Waals surface area contributed by atoms with Crippen LogP contribution in [0.15, 0.2) is 36.8 Å². The maximum absolute atomic E-state index is 12.3. The van der Waals surface area contributed by atoms with Crippen molar-refractivity contribution in [1.29, 1.82) is 0 Å². The minimum Gasteiger partial charge on any atom is -0.338 e. The summed E-state index contributed by atoms with van der Waals surface area (Å²) >= 11 is 0. The first-order chi connectivity index (χ1) is 14.1. The van der Waals surface area contributed by atoms with Gasteiger partial charge in [-0.1, -0.05) is 12.1 Å². The van der Waals surface area contributed by atoms with Gasteiger partial charge in [-0.05, 0) is 30.0 Å². The Morgan fingerprint density at radius 1 is 1.31 bits per heavy atom. The van der Waals surface area contributed by atoms with Crippen molar-refractivity contribution < 1.29 is 9.59 Å². The zero-order valence-electron chi connectivity index (χ0n) is 16.7. The minimum absolute atomic E-state index is 0.168. The molecule has 1 aromatic heterocycles. The molecule has 4 rings (SSSR count). The third-order valence-corrected chi connectivity index (χ3v) is 5.85. The summed E-state index contributed by atoms with van der Waals surface area (Å²) in [6.45, 7) is 3.58. The van der Waals surface area contributed by atoms with Crippen LogP contribution < -0.4 is 20.9 Å². The number of aromatic nitrogens is 2. The van der Waals surface area contributed by atoms with Crippen LogP contribution in [-0.2, 0) is 18.4 Å². The van der Waals surface area contributed by atoms with Gasteiger partial charge in [0.15, 0.2) is 0 Å². The molecule has 8 nitrogen and oxygen atoms in total. The highest BCUT2D eigenvalue weighted by Gasteiger charge is 2.30. The first-order valence-corrected chi connectivity index (χ1v) is 10.2. The fourth-order valence-electron chi connectivity index (χ4n) is 4.24. The molecule has 0 radical (unpaired) electrons. The van der Waals surface area contributed by atoms with Gasteiger partial charge in [0.25, 0.3) is 0 Å². The molecule has 0 aliphatic carbocycles. The molecule has 3 amide bonds. The normalized spacial score (nSPS) is 21.6. The number of imidazole rings is 1. The van der Waals surface area contributed by atoms with Gasteiger partial charge < -0.3 is 25.4 Å². The summed E-state index contributed by atoms with van der Waals surface area (Å²) in [6.07, 6.45) is 5.23. The van der Waals surface area contributed by atoms with Gasteiger partial charge in [-0.25, -0.2) is 9.78 Å². The van der Waals surface area contributed by atoms with Crippen molar-refractivity contribution in [3.8, 4) is 0 Å². The lowest BCUT2D eigenvalue weighted by Gasteiger charge is -2.20. The lowest BCUT2D eigenvalue weighted by atomic mass is 9.93. The molecule has 0 spiro atoms. The van der Waals surface area contributed by atoms with E-state index in [-0.39, 0.29) is 11.9 Å². The monoisotopic (exact) mass is 396 g/mol. The number of hydrogen-bond donors (Lipinski definition) is 3. The molecule has 2 aliphatic rings. The van der Waals surface area contributed by atoms with Crippen molar-refractivity contribution in [3.63, 3.8) is 0 Å². The molecule has 29 heavy (non-hydrogen) atoms. The van der Waals surface area contributed by atoms with Crippen LogP contribution in [0.2, 0.25) is 0 Å². The van der Waals surface area contributed by atoms with Gasteiger partial charge in [-0.15, -0.1) is 0 Å². The molecule has 2 fully saturated rings. The van der Waals surface area contributed by atoms with E-state index in [0.29, 0.717) is 31.3 Å². The summed E-state index contributed by atoms with van der Waals surface area (Å²) in [7, 11) is 2.00. The SMILES string of the molecule is Cn1cncc1[C@@H]1CNC[C@H]1CNC(=O)NCc1cccc(N2CCCC2=O)c1. The van der Waals surface area contributed by atoms with Gasteiger partial charge in [0.1, 0.15) is 0 Å². The number of carbonyl (C=O) groups is 2. The second-order valence-electron chi connectivity index (χ2n) is 7.84. The third-order valence-electron chi connectivity index (χ3n) is 5.85. The van der Waals surface area contributed by atoms with Crippen LogP contribution in [-0.4, -0.2) is 47.7 Å². The number of benzene rings is 1. The Morgan fingerprint density at radius 3 is 2.97 bits per heavy atom. The Morgan fingerprint density at radius 2 is 2.21 bits per heavy atom. The van der Waals surface area contributed by atoms with Crippen LogP contribution in [0, 0.1) is 5.92 Å². The number of aryl methyl sites for hydroxylation is 1. The molecule has 8 heteroatoms. The van der Waals surface area contributed by atoms with Crippen molar-refractivity contribution in [2.75, 3.05) is 31.1 Å². The fraction of sp³-hybridized carbons (Fsp3) is 0.476. The van der Waals surface area contributed by atoms with E-state index in [0.717, 1.165) is 37.3 Å². The number of urea groups is 1. The number of carbonyl (C=O) groups excluding carboxylic acids is 2. The van der Waals surface area contributed by atoms with Crippen molar-refractivity contribution in [2.45, 2.75) is 25.3 Å². The van der Waals surface area contributed by atoms with Crippen molar-refractivity contribution in [2.24, 2.45) is 13.0 Å². The average molecular weight is 396 g/mol. The number of anilines is 1. The van der Waals surface area contributed by atoms with E-state index in [2.05, 4.69) is 20.9 Å². The predicted octanol–water partition coefficient (Wildman–Crippen LogP) is 1.35. The Kier molecular flexibility index (Phi) is 5.80. The molecule has 2 aromatic rings. The van der Waals surface area contributed by atoms with E-state index in [4.69, 9.17) is 0 Å².